The van der Waals surface area contributed by atoms with E-state index in [1.54, 1.807) is 11.3 Å². The van der Waals surface area contributed by atoms with E-state index in [2.05, 4.69) is 24.1 Å². The Morgan fingerprint density at radius 2 is 1.89 bits per heavy atom. The number of aromatic nitrogens is 1. The fourth-order valence-electron chi connectivity index (χ4n) is 5.61. The van der Waals surface area contributed by atoms with E-state index < -0.39 is 0 Å². The molecule has 1 atom stereocenters. The normalized spacial score (nSPS) is 20.8. The molecule has 3 aliphatic heterocycles. The summed E-state index contributed by atoms with van der Waals surface area (Å²) in [6.07, 6.45) is 1.57. The van der Waals surface area contributed by atoms with E-state index in [1.807, 2.05) is 47.4 Å². The number of pyridine rings is 1. The Labute approximate surface area is 226 Å². The highest BCUT2D eigenvalue weighted by Gasteiger charge is 2.37. The molecule has 0 spiro atoms. The lowest BCUT2D eigenvalue weighted by atomic mass is 9.88. The maximum Gasteiger partial charge on any atom is 0.262 e. The highest BCUT2D eigenvalue weighted by molar-refractivity contribution is 7.19. The van der Waals surface area contributed by atoms with Crippen molar-refractivity contribution in [1.29, 1.82) is 0 Å². The van der Waals surface area contributed by atoms with E-state index in [-0.39, 0.29) is 23.4 Å². The minimum atomic E-state index is -0.341. The first-order valence-electron chi connectivity index (χ1n) is 13.2. The zero-order valence-corrected chi connectivity index (χ0v) is 22.6. The first-order valence-corrected chi connectivity index (χ1v) is 14.0. The molecular formula is C29H33N5O3S. The molecule has 0 aliphatic carbocycles. The average Bonchev–Trinajstić information content (AvgIpc) is 3.52. The van der Waals surface area contributed by atoms with Gasteiger partial charge >= 0.3 is 0 Å². The standard InChI is InChI=1S/C29H33N5O3S/c1-29(2)16-21-24(28(33-11-13-37-14-12-33)38-25(21)26(35)32-29)23-8-4-7-22(31-23)18-5-3-6-19(15-18)27(36)34-10-9-20(30)17-34/h3-8,15,20H,9-14,16-17,30H2,1-2H3,(H,32,35)/t20-/m1/s1. The molecule has 0 saturated carbocycles. The predicted molar refractivity (Wildman–Crippen MR) is 150 cm³/mol. The quantitative estimate of drug-likeness (QED) is 0.534. The number of carbonyl (C=O) groups excluding carboxylic acids is 2. The van der Waals surface area contributed by atoms with Crippen molar-refractivity contribution in [3.63, 3.8) is 0 Å². The highest BCUT2D eigenvalue weighted by atomic mass is 32.1. The van der Waals surface area contributed by atoms with Gasteiger partial charge in [0.05, 0.1) is 29.5 Å². The van der Waals surface area contributed by atoms with E-state index in [0.29, 0.717) is 31.9 Å². The molecule has 198 valence electrons. The van der Waals surface area contributed by atoms with Crippen LogP contribution in [0.25, 0.3) is 22.5 Å². The molecule has 6 rings (SSSR count). The van der Waals surface area contributed by atoms with E-state index in [9.17, 15) is 9.59 Å². The number of likely N-dealkylation sites (tertiary alicyclic amines) is 1. The number of hydrogen-bond acceptors (Lipinski definition) is 7. The van der Waals surface area contributed by atoms with Crippen LogP contribution in [-0.4, -0.2) is 72.7 Å². The van der Waals surface area contributed by atoms with Crippen LogP contribution in [0.1, 0.15) is 45.9 Å². The van der Waals surface area contributed by atoms with Crippen molar-refractivity contribution in [2.75, 3.05) is 44.3 Å². The first-order chi connectivity index (χ1) is 18.3. The van der Waals surface area contributed by atoms with Crippen LogP contribution < -0.4 is 16.0 Å². The van der Waals surface area contributed by atoms with Crippen LogP contribution in [0.4, 0.5) is 5.00 Å². The number of amides is 2. The molecule has 9 heteroatoms. The maximum atomic E-state index is 13.1. The van der Waals surface area contributed by atoms with Crippen molar-refractivity contribution in [2.45, 2.75) is 38.3 Å². The monoisotopic (exact) mass is 531 g/mol. The number of benzene rings is 1. The zero-order valence-electron chi connectivity index (χ0n) is 21.8. The van der Waals surface area contributed by atoms with Crippen LogP contribution in [0.2, 0.25) is 0 Å². The van der Waals surface area contributed by atoms with Gasteiger partial charge in [-0.2, -0.15) is 0 Å². The van der Waals surface area contributed by atoms with Crippen molar-refractivity contribution >= 4 is 28.2 Å². The maximum absolute atomic E-state index is 13.1. The minimum Gasteiger partial charge on any atom is -0.378 e. The van der Waals surface area contributed by atoms with E-state index in [1.165, 1.54) is 0 Å². The van der Waals surface area contributed by atoms with Gasteiger partial charge in [-0.1, -0.05) is 18.2 Å². The summed E-state index contributed by atoms with van der Waals surface area (Å²) in [4.78, 5) is 36.2. The number of hydrogen-bond donors (Lipinski definition) is 2. The summed E-state index contributed by atoms with van der Waals surface area (Å²) in [6.45, 7) is 8.28. The molecule has 2 aromatic heterocycles. The molecule has 5 heterocycles. The summed E-state index contributed by atoms with van der Waals surface area (Å²) in [5, 5.41) is 4.22. The third-order valence-corrected chi connectivity index (χ3v) is 8.78. The van der Waals surface area contributed by atoms with E-state index >= 15 is 0 Å². The number of anilines is 1. The van der Waals surface area contributed by atoms with Crippen LogP contribution in [0.15, 0.2) is 42.5 Å². The third-order valence-electron chi connectivity index (χ3n) is 7.49. The van der Waals surface area contributed by atoms with Gasteiger partial charge in [-0.3, -0.25) is 9.59 Å². The molecule has 8 nitrogen and oxygen atoms in total. The van der Waals surface area contributed by atoms with Crippen molar-refractivity contribution < 1.29 is 14.3 Å². The van der Waals surface area contributed by atoms with Crippen molar-refractivity contribution in [3.05, 3.63) is 58.5 Å². The second-order valence-electron chi connectivity index (χ2n) is 11.0. The van der Waals surface area contributed by atoms with Gasteiger partial charge in [-0.25, -0.2) is 4.98 Å². The Morgan fingerprint density at radius 1 is 1.13 bits per heavy atom. The molecule has 38 heavy (non-hydrogen) atoms. The summed E-state index contributed by atoms with van der Waals surface area (Å²) < 4.78 is 5.60. The molecule has 0 unspecified atom stereocenters. The lowest BCUT2D eigenvalue weighted by Crippen LogP contribution is -2.48. The Bertz CT molecular complexity index is 1390. The largest absolute Gasteiger partial charge is 0.378 e. The van der Waals surface area contributed by atoms with Crippen molar-refractivity contribution in [2.24, 2.45) is 5.73 Å². The van der Waals surface area contributed by atoms with Gasteiger partial charge in [0.15, 0.2) is 0 Å². The van der Waals surface area contributed by atoms with Gasteiger partial charge in [0.1, 0.15) is 5.00 Å². The SMILES string of the molecule is CC1(C)Cc2c(sc(N3CCOCC3)c2-c2cccc(-c3cccc(C(=O)N4CC[C@@H](N)C4)c3)n2)C(=O)N1. The van der Waals surface area contributed by atoms with E-state index in [0.717, 1.165) is 63.9 Å². The second-order valence-corrected chi connectivity index (χ2v) is 12.0. The Morgan fingerprint density at radius 3 is 2.66 bits per heavy atom. The van der Waals surface area contributed by atoms with Crippen LogP contribution in [-0.2, 0) is 11.2 Å². The number of ether oxygens (including phenoxy) is 1. The molecule has 0 radical (unpaired) electrons. The van der Waals surface area contributed by atoms with Gasteiger partial charge in [0, 0.05) is 54.5 Å². The number of nitrogens with zero attached hydrogens (tertiary/aromatic N) is 3. The number of nitrogens with one attached hydrogen (secondary N) is 1. The predicted octanol–water partition coefficient (Wildman–Crippen LogP) is 3.55. The molecule has 2 fully saturated rings. The fraction of sp³-hybridized carbons (Fsp3) is 0.414. The fourth-order valence-corrected chi connectivity index (χ4v) is 6.88. The van der Waals surface area contributed by atoms with Crippen molar-refractivity contribution in [3.8, 4) is 22.5 Å². The first kappa shape index (κ1) is 25.0. The van der Waals surface area contributed by atoms with Crippen LogP contribution in [0.3, 0.4) is 0 Å². The Kier molecular flexibility index (Phi) is 6.45. The summed E-state index contributed by atoms with van der Waals surface area (Å²) in [6, 6.07) is 13.7. The molecular weight excluding hydrogens is 498 g/mol. The average molecular weight is 532 g/mol. The number of morpholine rings is 1. The number of rotatable bonds is 4. The second kappa shape index (κ2) is 9.80. The highest BCUT2D eigenvalue weighted by Crippen LogP contribution is 2.46. The van der Waals surface area contributed by atoms with Gasteiger partial charge in [-0.15, -0.1) is 11.3 Å². The van der Waals surface area contributed by atoms with Crippen LogP contribution in [0.5, 0.6) is 0 Å². The minimum absolute atomic E-state index is 0.00528. The molecule has 3 aliphatic rings. The number of fused-ring (bicyclic) bond motifs is 1. The Hall–Kier alpha value is -3.27. The smallest absolute Gasteiger partial charge is 0.262 e. The molecule has 3 N–H and O–H groups in total. The zero-order chi connectivity index (χ0) is 26.4. The van der Waals surface area contributed by atoms with Crippen LogP contribution in [0, 0.1) is 0 Å². The molecule has 2 amide bonds. The molecule has 2 saturated heterocycles. The summed E-state index contributed by atoms with van der Waals surface area (Å²) >= 11 is 1.55. The topological polar surface area (TPSA) is 101 Å². The van der Waals surface area contributed by atoms with Gasteiger partial charge in [0.2, 0.25) is 0 Å². The van der Waals surface area contributed by atoms with E-state index in [4.69, 9.17) is 15.5 Å². The lowest BCUT2D eigenvalue weighted by molar-refractivity contribution is 0.0790. The van der Waals surface area contributed by atoms with Crippen molar-refractivity contribution in [1.82, 2.24) is 15.2 Å². The third kappa shape index (κ3) is 4.70. The summed E-state index contributed by atoms with van der Waals surface area (Å²) in [5.41, 5.74) is 10.9. The number of carbonyl (C=O) groups is 2. The molecule has 3 aromatic rings. The lowest BCUT2D eigenvalue weighted by Gasteiger charge is -2.31. The summed E-state index contributed by atoms with van der Waals surface area (Å²) in [5.74, 6) is -0.0169. The van der Waals surface area contributed by atoms with Gasteiger partial charge in [-0.05, 0) is 56.5 Å². The molecule has 0 bridgehead atoms. The van der Waals surface area contributed by atoms with Gasteiger partial charge in [0.25, 0.3) is 11.8 Å². The number of thiophene rings is 1. The Balaban J connectivity index is 1.41. The molecule has 1 aromatic carbocycles. The van der Waals surface area contributed by atoms with Crippen LogP contribution >= 0.6 is 11.3 Å². The van der Waals surface area contributed by atoms with Gasteiger partial charge < -0.3 is 25.6 Å². The number of nitrogens with two attached hydrogens (primary N) is 1. The summed E-state index contributed by atoms with van der Waals surface area (Å²) in [7, 11) is 0.